The number of rotatable bonds is 10. The van der Waals surface area contributed by atoms with Crippen LogP contribution in [0.4, 0.5) is 5.69 Å². The average molecular weight is 505 g/mol. The van der Waals surface area contributed by atoms with Crippen molar-refractivity contribution in [3.8, 4) is 5.75 Å². The lowest BCUT2D eigenvalue weighted by atomic mass is 9.93. The molecule has 3 N–H and O–H groups in total. The maximum absolute atomic E-state index is 12.7. The molecule has 37 heavy (non-hydrogen) atoms. The Balaban J connectivity index is 1.10. The molecule has 0 unspecified atom stereocenters. The summed E-state index contributed by atoms with van der Waals surface area (Å²) in [6.45, 7) is 6.69. The zero-order valence-electron chi connectivity index (χ0n) is 21.6. The second kappa shape index (κ2) is 11.4. The first kappa shape index (κ1) is 25.3. The summed E-state index contributed by atoms with van der Waals surface area (Å²) in [6.07, 6.45) is 5.31. The lowest BCUT2D eigenvalue weighted by Gasteiger charge is -2.31. The minimum atomic E-state index is -0.643. The first-order valence-electron chi connectivity index (χ1n) is 13.1. The molecule has 5 rings (SSSR count). The number of hydrogen-bond donors (Lipinski definition) is 3. The van der Waals surface area contributed by atoms with Gasteiger partial charge in [-0.2, -0.15) is 0 Å². The Kier molecular flexibility index (Phi) is 7.76. The van der Waals surface area contributed by atoms with Gasteiger partial charge in [-0.25, -0.2) is 4.98 Å². The molecule has 1 aromatic heterocycles. The third-order valence-corrected chi connectivity index (χ3v) is 7.49. The fourth-order valence-corrected chi connectivity index (χ4v) is 5.01. The van der Waals surface area contributed by atoms with Crippen LogP contribution in [-0.4, -0.2) is 52.7 Å². The van der Waals surface area contributed by atoms with Crippen LogP contribution in [0.25, 0.3) is 0 Å². The Hall–Kier alpha value is -3.36. The minimum absolute atomic E-state index is 0.163. The number of anilines is 1. The maximum atomic E-state index is 12.7. The highest BCUT2D eigenvalue weighted by Gasteiger charge is 2.22. The van der Waals surface area contributed by atoms with Crippen LogP contribution in [0.15, 0.2) is 47.2 Å². The first-order chi connectivity index (χ1) is 18.0. The number of oxazole rings is 1. The maximum Gasteiger partial charge on any atom is 0.251 e. The van der Waals surface area contributed by atoms with E-state index in [9.17, 15) is 9.90 Å². The highest BCUT2D eigenvalue weighted by atomic mass is 16.5. The van der Waals surface area contributed by atoms with E-state index in [-0.39, 0.29) is 12.5 Å². The monoisotopic (exact) mass is 504 g/mol. The van der Waals surface area contributed by atoms with Crippen molar-refractivity contribution in [2.24, 2.45) is 0 Å². The number of aliphatic hydroxyl groups is 1. The molecule has 2 heterocycles. The highest BCUT2D eigenvalue weighted by molar-refractivity contribution is 5.95. The summed E-state index contributed by atoms with van der Waals surface area (Å²) in [5.74, 6) is 1.43. The third kappa shape index (κ3) is 6.14. The molecule has 2 aliphatic rings. The number of aryl methyl sites for hydroxylation is 1. The minimum Gasteiger partial charge on any atom is -0.485 e. The standard InChI is InChI=1S/C29H36N4O4/c1-19-26-11-12-33(15-22(26)9-10-27(19)36-17-28-20(2)31-18-37-28)16-25(34)14-30-29(35)21-5-3-8-24(13-21)32-23-6-4-7-23/h3,5,8-10,13,18,23,25,32,34H,4,6-7,11-12,14-17H2,1-2H3,(H,30,35)/t25-/m0/s1. The van der Waals surface area contributed by atoms with Crippen molar-refractivity contribution in [2.75, 3.05) is 25.0 Å². The molecule has 0 saturated heterocycles. The van der Waals surface area contributed by atoms with Crippen molar-refractivity contribution >= 4 is 11.6 Å². The number of fused-ring (bicyclic) bond motifs is 1. The number of β-amino-alcohol motifs (C(OH)–C–C–N with tert-alkyl or cyclic N) is 1. The Morgan fingerprint density at radius 2 is 2.14 bits per heavy atom. The van der Waals surface area contributed by atoms with Crippen LogP contribution in [0, 0.1) is 13.8 Å². The average Bonchev–Trinajstić information content (AvgIpc) is 3.29. The van der Waals surface area contributed by atoms with Crippen molar-refractivity contribution in [3.63, 3.8) is 0 Å². The van der Waals surface area contributed by atoms with Gasteiger partial charge in [-0.1, -0.05) is 12.1 Å². The topological polar surface area (TPSA) is 99.9 Å². The van der Waals surface area contributed by atoms with Gasteiger partial charge in [0.1, 0.15) is 12.4 Å². The summed E-state index contributed by atoms with van der Waals surface area (Å²) < 4.78 is 11.4. The molecule has 1 aliphatic carbocycles. The molecule has 0 spiro atoms. The van der Waals surface area contributed by atoms with Crippen LogP contribution in [0.5, 0.6) is 5.75 Å². The normalized spacial score (nSPS) is 16.5. The van der Waals surface area contributed by atoms with Crippen molar-refractivity contribution in [1.82, 2.24) is 15.2 Å². The van der Waals surface area contributed by atoms with Gasteiger partial charge in [0.25, 0.3) is 5.91 Å². The van der Waals surface area contributed by atoms with Crippen LogP contribution in [-0.2, 0) is 19.6 Å². The fraction of sp³-hybridized carbons (Fsp3) is 0.448. The molecule has 1 fully saturated rings. The van der Waals surface area contributed by atoms with Crippen LogP contribution in [0.3, 0.4) is 0 Å². The Bertz CT molecular complexity index is 1240. The third-order valence-electron chi connectivity index (χ3n) is 7.49. The summed E-state index contributed by atoms with van der Waals surface area (Å²) >= 11 is 0. The summed E-state index contributed by atoms with van der Waals surface area (Å²) in [6, 6.07) is 12.2. The van der Waals surface area contributed by atoms with Crippen LogP contribution >= 0.6 is 0 Å². The first-order valence-corrected chi connectivity index (χ1v) is 13.1. The number of carbonyl (C=O) groups is 1. The van der Waals surface area contributed by atoms with E-state index in [4.69, 9.17) is 9.15 Å². The van der Waals surface area contributed by atoms with Crippen LogP contribution in [0.1, 0.15) is 57.8 Å². The van der Waals surface area contributed by atoms with E-state index in [1.807, 2.05) is 37.3 Å². The summed E-state index contributed by atoms with van der Waals surface area (Å²) in [5, 5.41) is 17.0. The van der Waals surface area contributed by atoms with Gasteiger partial charge in [0, 0.05) is 43.5 Å². The van der Waals surface area contributed by atoms with Crippen molar-refractivity contribution < 1.29 is 19.1 Å². The lowest BCUT2D eigenvalue weighted by molar-refractivity contribution is 0.0841. The Labute approximate surface area is 218 Å². The van der Waals surface area contributed by atoms with E-state index in [2.05, 4.69) is 33.5 Å². The molecule has 2 aromatic carbocycles. The SMILES string of the molecule is Cc1ncoc1COc1ccc2c(c1C)CCN(C[C@@H](O)CNC(=O)c1cccc(NC3CCC3)c1)C2. The summed E-state index contributed by atoms with van der Waals surface area (Å²) in [5.41, 5.74) is 6.13. The number of ether oxygens (including phenoxy) is 1. The molecule has 1 atom stereocenters. The molecule has 1 aliphatic heterocycles. The van der Waals surface area contributed by atoms with E-state index < -0.39 is 6.10 Å². The molecular weight excluding hydrogens is 468 g/mol. The molecule has 8 heteroatoms. The van der Waals surface area contributed by atoms with E-state index in [0.29, 0.717) is 24.8 Å². The van der Waals surface area contributed by atoms with E-state index in [1.165, 1.54) is 36.8 Å². The van der Waals surface area contributed by atoms with Gasteiger partial charge in [0.2, 0.25) is 0 Å². The van der Waals surface area contributed by atoms with Crippen molar-refractivity contribution in [2.45, 2.75) is 64.8 Å². The Morgan fingerprint density at radius 1 is 1.27 bits per heavy atom. The highest BCUT2D eigenvalue weighted by Crippen LogP contribution is 2.30. The van der Waals surface area contributed by atoms with Crippen LogP contribution < -0.4 is 15.4 Å². The Morgan fingerprint density at radius 3 is 2.89 bits per heavy atom. The second-order valence-corrected chi connectivity index (χ2v) is 10.2. The van der Waals surface area contributed by atoms with Gasteiger partial charge in [0.15, 0.2) is 12.2 Å². The van der Waals surface area contributed by atoms with Gasteiger partial charge in [-0.15, -0.1) is 0 Å². The number of aromatic nitrogens is 1. The number of aliphatic hydroxyl groups excluding tert-OH is 1. The predicted octanol–water partition coefficient (Wildman–Crippen LogP) is 3.98. The van der Waals surface area contributed by atoms with E-state index in [1.54, 1.807) is 0 Å². The van der Waals surface area contributed by atoms with Gasteiger partial charge < -0.3 is 24.9 Å². The molecule has 0 bridgehead atoms. The number of nitrogens with one attached hydrogen (secondary N) is 2. The molecule has 1 amide bonds. The molecule has 8 nitrogen and oxygen atoms in total. The smallest absolute Gasteiger partial charge is 0.251 e. The fourth-order valence-electron chi connectivity index (χ4n) is 5.01. The largest absolute Gasteiger partial charge is 0.485 e. The van der Waals surface area contributed by atoms with Gasteiger partial charge in [0.05, 0.1) is 11.8 Å². The molecule has 3 aromatic rings. The number of benzene rings is 2. The van der Waals surface area contributed by atoms with Gasteiger partial charge in [-0.05, 0) is 80.5 Å². The van der Waals surface area contributed by atoms with Gasteiger partial charge >= 0.3 is 0 Å². The predicted molar refractivity (Wildman–Crippen MR) is 142 cm³/mol. The zero-order valence-corrected chi connectivity index (χ0v) is 21.6. The van der Waals surface area contributed by atoms with Crippen molar-refractivity contribution in [3.05, 3.63) is 76.5 Å². The summed E-state index contributed by atoms with van der Waals surface area (Å²) in [7, 11) is 0. The number of nitrogens with zero attached hydrogens (tertiary/aromatic N) is 2. The van der Waals surface area contributed by atoms with E-state index >= 15 is 0 Å². The number of hydrogen-bond acceptors (Lipinski definition) is 7. The lowest BCUT2D eigenvalue weighted by Crippen LogP contribution is -2.42. The number of carbonyl (C=O) groups excluding carboxylic acids is 1. The van der Waals surface area contributed by atoms with Crippen molar-refractivity contribution in [1.29, 1.82) is 0 Å². The van der Waals surface area contributed by atoms with E-state index in [0.717, 1.165) is 48.0 Å². The zero-order chi connectivity index (χ0) is 25.8. The number of amides is 1. The molecule has 196 valence electrons. The second-order valence-electron chi connectivity index (χ2n) is 10.2. The quantitative estimate of drug-likeness (QED) is 0.384. The molecule has 1 saturated carbocycles. The summed E-state index contributed by atoms with van der Waals surface area (Å²) in [4.78, 5) is 19.0. The molecular formula is C29H36N4O4. The van der Waals surface area contributed by atoms with Gasteiger partial charge in [-0.3, -0.25) is 9.69 Å². The molecule has 0 radical (unpaired) electrons. The van der Waals surface area contributed by atoms with Crippen LogP contribution in [0.2, 0.25) is 0 Å².